The molecule has 0 spiro atoms. The first-order chi connectivity index (χ1) is 14.8. The number of aryl methyl sites for hydroxylation is 2. The van der Waals surface area contributed by atoms with Crippen molar-refractivity contribution in [2.75, 3.05) is 18.0 Å². The van der Waals surface area contributed by atoms with E-state index in [9.17, 15) is 13.2 Å². The molecule has 1 N–H and O–H groups in total. The van der Waals surface area contributed by atoms with E-state index >= 15 is 0 Å². The molecule has 0 bridgehead atoms. The molecule has 0 saturated heterocycles. The number of sulfonamides is 1. The zero-order chi connectivity index (χ0) is 22.4. The van der Waals surface area contributed by atoms with Crippen LogP contribution in [0.3, 0.4) is 0 Å². The quantitative estimate of drug-likeness (QED) is 0.580. The molecule has 0 fully saturated rings. The summed E-state index contributed by atoms with van der Waals surface area (Å²) in [7, 11) is -2.37. The molecular weight excluding hydrogens is 412 g/mol. The van der Waals surface area contributed by atoms with Crippen LogP contribution in [0.4, 0.5) is 5.69 Å². The average molecular weight is 439 g/mol. The SMILES string of the molecule is COc1ccccc1CNC(=O)CN(c1ccccc1C)S(=O)(=O)c1ccc(C)cc1. The van der Waals surface area contributed by atoms with Crippen LogP contribution in [0.1, 0.15) is 16.7 Å². The van der Waals surface area contributed by atoms with E-state index in [0.717, 1.165) is 21.0 Å². The fourth-order valence-corrected chi connectivity index (χ4v) is 4.70. The number of carbonyl (C=O) groups is 1. The van der Waals surface area contributed by atoms with Crippen molar-refractivity contribution in [1.82, 2.24) is 5.32 Å². The second-order valence-electron chi connectivity index (χ2n) is 7.20. The van der Waals surface area contributed by atoms with Crippen molar-refractivity contribution in [3.63, 3.8) is 0 Å². The second-order valence-corrected chi connectivity index (χ2v) is 9.06. The topological polar surface area (TPSA) is 75.7 Å². The van der Waals surface area contributed by atoms with Crippen molar-refractivity contribution < 1.29 is 17.9 Å². The van der Waals surface area contributed by atoms with Gasteiger partial charge in [0.25, 0.3) is 10.0 Å². The van der Waals surface area contributed by atoms with E-state index in [1.54, 1.807) is 43.5 Å². The van der Waals surface area contributed by atoms with Crippen LogP contribution in [0.5, 0.6) is 5.75 Å². The van der Waals surface area contributed by atoms with Gasteiger partial charge in [-0.3, -0.25) is 9.10 Å². The monoisotopic (exact) mass is 438 g/mol. The molecule has 0 aliphatic carbocycles. The molecule has 162 valence electrons. The van der Waals surface area contributed by atoms with Gasteiger partial charge >= 0.3 is 0 Å². The molecule has 0 unspecified atom stereocenters. The lowest BCUT2D eigenvalue weighted by Crippen LogP contribution is -2.41. The van der Waals surface area contributed by atoms with Crippen LogP contribution < -0.4 is 14.4 Å². The van der Waals surface area contributed by atoms with E-state index in [-0.39, 0.29) is 18.0 Å². The molecule has 3 aromatic rings. The van der Waals surface area contributed by atoms with Crippen molar-refractivity contribution in [3.05, 3.63) is 89.5 Å². The van der Waals surface area contributed by atoms with Gasteiger partial charge < -0.3 is 10.1 Å². The normalized spacial score (nSPS) is 11.1. The van der Waals surface area contributed by atoms with Gasteiger partial charge in [0, 0.05) is 12.1 Å². The van der Waals surface area contributed by atoms with Gasteiger partial charge in [0.1, 0.15) is 12.3 Å². The van der Waals surface area contributed by atoms with E-state index in [2.05, 4.69) is 5.32 Å². The van der Waals surface area contributed by atoms with Crippen molar-refractivity contribution in [2.24, 2.45) is 0 Å². The summed E-state index contributed by atoms with van der Waals surface area (Å²) in [6.07, 6.45) is 0. The summed E-state index contributed by atoms with van der Waals surface area (Å²) >= 11 is 0. The Bertz CT molecular complexity index is 1160. The molecule has 1 amide bonds. The van der Waals surface area contributed by atoms with Gasteiger partial charge in [-0.05, 0) is 43.7 Å². The summed E-state index contributed by atoms with van der Waals surface area (Å²) in [6.45, 7) is 3.60. The number of nitrogens with zero attached hydrogens (tertiary/aromatic N) is 1. The predicted molar refractivity (Wildman–Crippen MR) is 122 cm³/mol. The molecule has 7 heteroatoms. The van der Waals surface area contributed by atoms with Crippen molar-refractivity contribution in [2.45, 2.75) is 25.3 Å². The Morgan fingerprint density at radius 3 is 2.26 bits per heavy atom. The zero-order valence-electron chi connectivity index (χ0n) is 17.8. The number of methoxy groups -OCH3 is 1. The maximum atomic E-state index is 13.4. The number of hydrogen-bond donors (Lipinski definition) is 1. The van der Waals surface area contributed by atoms with Gasteiger partial charge in [-0.1, -0.05) is 54.1 Å². The molecule has 3 aromatic carbocycles. The summed E-state index contributed by atoms with van der Waals surface area (Å²) in [5, 5.41) is 2.80. The lowest BCUT2D eigenvalue weighted by atomic mass is 10.2. The molecule has 0 aromatic heterocycles. The third-order valence-electron chi connectivity index (χ3n) is 4.95. The summed E-state index contributed by atoms with van der Waals surface area (Å²) in [6, 6.07) is 21.1. The van der Waals surface area contributed by atoms with Crippen LogP contribution in [0.25, 0.3) is 0 Å². The number of nitrogens with one attached hydrogen (secondary N) is 1. The van der Waals surface area contributed by atoms with Gasteiger partial charge in [-0.2, -0.15) is 0 Å². The number of carbonyl (C=O) groups excluding carboxylic acids is 1. The molecule has 6 nitrogen and oxygen atoms in total. The zero-order valence-corrected chi connectivity index (χ0v) is 18.6. The Labute approximate surface area is 183 Å². The minimum atomic E-state index is -3.94. The molecule has 0 heterocycles. The lowest BCUT2D eigenvalue weighted by Gasteiger charge is -2.25. The maximum absolute atomic E-state index is 13.4. The van der Waals surface area contributed by atoms with Crippen molar-refractivity contribution in [1.29, 1.82) is 0 Å². The first kappa shape index (κ1) is 22.4. The number of para-hydroxylation sites is 2. The van der Waals surface area contributed by atoms with Gasteiger partial charge in [0.2, 0.25) is 5.91 Å². The van der Waals surface area contributed by atoms with E-state index < -0.39 is 15.9 Å². The fourth-order valence-electron chi connectivity index (χ4n) is 3.21. The lowest BCUT2D eigenvalue weighted by molar-refractivity contribution is -0.119. The molecular formula is C24H26N2O4S. The number of ether oxygens (including phenoxy) is 1. The molecule has 3 rings (SSSR count). The maximum Gasteiger partial charge on any atom is 0.264 e. The van der Waals surface area contributed by atoms with E-state index in [0.29, 0.717) is 11.4 Å². The van der Waals surface area contributed by atoms with E-state index in [4.69, 9.17) is 4.74 Å². The largest absolute Gasteiger partial charge is 0.496 e. The van der Waals surface area contributed by atoms with Gasteiger partial charge in [0.05, 0.1) is 17.7 Å². The van der Waals surface area contributed by atoms with Gasteiger partial charge in [-0.15, -0.1) is 0 Å². The van der Waals surface area contributed by atoms with Gasteiger partial charge in [-0.25, -0.2) is 8.42 Å². The highest BCUT2D eigenvalue weighted by Gasteiger charge is 2.28. The van der Waals surface area contributed by atoms with Crippen LogP contribution in [0.2, 0.25) is 0 Å². The van der Waals surface area contributed by atoms with Crippen LogP contribution in [0.15, 0.2) is 77.7 Å². The number of rotatable bonds is 8. The first-order valence-electron chi connectivity index (χ1n) is 9.86. The highest BCUT2D eigenvalue weighted by Crippen LogP contribution is 2.27. The fraction of sp³-hybridized carbons (Fsp3) is 0.208. The van der Waals surface area contributed by atoms with Crippen LogP contribution in [-0.4, -0.2) is 28.0 Å². The Hall–Kier alpha value is -3.32. The summed E-state index contributed by atoms with van der Waals surface area (Å²) in [5.74, 6) is 0.246. The van der Waals surface area contributed by atoms with Crippen LogP contribution in [-0.2, 0) is 21.4 Å². The molecule has 0 radical (unpaired) electrons. The summed E-state index contributed by atoms with van der Waals surface area (Å²) in [4.78, 5) is 12.9. The minimum absolute atomic E-state index is 0.138. The standard InChI is InChI=1S/C24H26N2O4S/c1-18-12-14-21(15-13-18)31(28,29)26(22-10-6-4-8-19(22)2)17-24(27)25-16-20-9-5-7-11-23(20)30-3/h4-15H,16-17H2,1-3H3,(H,25,27). The third-order valence-corrected chi connectivity index (χ3v) is 6.72. The molecule has 0 aliphatic rings. The number of amides is 1. The average Bonchev–Trinajstić information content (AvgIpc) is 2.77. The highest BCUT2D eigenvalue weighted by molar-refractivity contribution is 7.92. The molecule has 0 saturated carbocycles. The van der Waals surface area contributed by atoms with Crippen LogP contribution in [0, 0.1) is 13.8 Å². The smallest absolute Gasteiger partial charge is 0.264 e. The van der Waals surface area contributed by atoms with Crippen molar-refractivity contribution >= 4 is 21.6 Å². The number of anilines is 1. The predicted octanol–water partition coefficient (Wildman–Crippen LogP) is 3.82. The summed E-state index contributed by atoms with van der Waals surface area (Å²) in [5.41, 5.74) is 2.99. The van der Waals surface area contributed by atoms with Crippen LogP contribution >= 0.6 is 0 Å². The highest BCUT2D eigenvalue weighted by atomic mass is 32.2. The summed E-state index contributed by atoms with van der Waals surface area (Å²) < 4.78 is 33.3. The Morgan fingerprint density at radius 1 is 0.935 bits per heavy atom. The number of benzene rings is 3. The van der Waals surface area contributed by atoms with E-state index in [1.165, 1.54) is 0 Å². The Kier molecular flexibility index (Phi) is 6.97. The molecule has 31 heavy (non-hydrogen) atoms. The van der Waals surface area contributed by atoms with Crippen molar-refractivity contribution in [3.8, 4) is 5.75 Å². The minimum Gasteiger partial charge on any atom is -0.496 e. The molecule has 0 atom stereocenters. The second kappa shape index (κ2) is 9.66. The first-order valence-corrected chi connectivity index (χ1v) is 11.3. The van der Waals surface area contributed by atoms with Gasteiger partial charge in [0.15, 0.2) is 0 Å². The Morgan fingerprint density at radius 2 is 1.58 bits per heavy atom. The van der Waals surface area contributed by atoms with E-state index in [1.807, 2.05) is 50.2 Å². The number of hydrogen-bond acceptors (Lipinski definition) is 4. The third kappa shape index (κ3) is 5.24. The molecule has 0 aliphatic heterocycles. The Balaban J connectivity index is 1.88.